The normalized spacial score (nSPS) is 19.6. The van der Waals surface area contributed by atoms with Crippen LogP contribution in [0.2, 0.25) is 0 Å². The van der Waals surface area contributed by atoms with Crippen molar-refractivity contribution in [3.05, 3.63) is 54.1 Å². The monoisotopic (exact) mass is 543 g/mol. The Morgan fingerprint density at radius 2 is 1.68 bits per heavy atom. The molecule has 212 valence electrons. The van der Waals surface area contributed by atoms with E-state index in [1.54, 1.807) is 7.11 Å². The second kappa shape index (κ2) is 12.1. The van der Waals surface area contributed by atoms with Crippen molar-refractivity contribution in [2.45, 2.75) is 40.0 Å². The summed E-state index contributed by atoms with van der Waals surface area (Å²) in [6.45, 7) is 11.5. The third kappa shape index (κ3) is 6.32. The zero-order chi connectivity index (χ0) is 28.2. The zero-order valence-corrected chi connectivity index (χ0v) is 24.2. The number of ether oxygens (including phenoxy) is 1. The number of anilines is 3. The van der Waals surface area contributed by atoms with Gasteiger partial charge in [0.1, 0.15) is 11.6 Å². The molecule has 1 aromatic heterocycles. The number of pyridine rings is 1. The van der Waals surface area contributed by atoms with E-state index in [0.717, 1.165) is 65.6 Å². The number of carbonyl (C=O) groups is 2. The average molecular weight is 544 g/mol. The number of rotatable bonds is 7. The molecule has 2 fully saturated rings. The number of aryl methyl sites for hydroxylation is 1. The molecule has 0 bridgehead atoms. The molecule has 2 aliphatic rings. The van der Waals surface area contributed by atoms with Crippen molar-refractivity contribution in [2.75, 3.05) is 61.5 Å². The van der Waals surface area contributed by atoms with E-state index in [-0.39, 0.29) is 24.7 Å². The molecule has 0 aliphatic carbocycles. The Balaban J connectivity index is 1.14. The number of piperazine rings is 1. The summed E-state index contributed by atoms with van der Waals surface area (Å²) >= 11 is 0. The number of hydrogen-bond acceptors (Lipinski definition) is 6. The van der Waals surface area contributed by atoms with Gasteiger partial charge in [0.05, 0.1) is 18.3 Å². The highest BCUT2D eigenvalue weighted by atomic mass is 16.5. The van der Waals surface area contributed by atoms with E-state index in [4.69, 9.17) is 9.72 Å². The molecule has 2 atom stereocenters. The van der Waals surface area contributed by atoms with Crippen molar-refractivity contribution < 1.29 is 14.3 Å². The lowest BCUT2D eigenvalue weighted by Crippen LogP contribution is -2.49. The van der Waals surface area contributed by atoms with E-state index in [1.165, 1.54) is 6.42 Å². The maximum atomic E-state index is 12.8. The van der Waals surface area contributed by atoms with Crippen LogP contribution in [0.25, 0.3) is 10.9 Å². The highest BCUT2D eigenvalue weighted by Gasteiger charge is 2.24. The number of hydrogen-bond donors (Lipinski definition) is 1. The van der Waals surface area contributed by atoms with E-state index >= 15 is 0 Å². The van der Waals surface area contributed by atoms with Crippen molar-refractivity contribution in [1.82, 2.24) is 9.88 Å². The van der Waals surface area contributed by atoms with Gasteiger partial charge >= 0.3 is 0 Å². The van der Waals surface area contributed by atoms with E-state index in [0.29, 0.717) is 24.9 Å². The van der Waals surface area contributed by atoms with E-state index in [9.17, 15) is 9.59 Å². The molecule has 0 unspecified atom stereocenters. The molecule has 0 saturated carbocycles. The minimum atomic E-state index is -0.154. The Morgan fingerprint density at radius 1 is 0.950 bits per heavy atom. The Hall–Kier alpha value is -3.81. The second-order valence-corrected chi connectivity index (χ2v) is 11.5. The van der Waals surface area contributed by atoms with Gasteiger partial charge in [0.15, 0.2) is 0 Å². The van der Waals surface area contributed by atoms with Crippen LogP contribution in [0, 0.1) is 18.8 Å². The van der Waals surface area contributed by atoms with Gasteiger partial charge < -0.3 is 24.8 Å². The molecule has 0 radical (unpaired) electrons. The summed E-state index contributed by atoms with van der Waals surface area (Å²) in [6.07, 6.45) is 1.62. The Kier molecular flexibility index (Phi) is 8.43. The molecule has 3 aromatic rings. The predicted octanol–water partition coefficient (Wildman–Crippen LogP) is 5.10. The van der Waals surface area contributed by atoms with E-state index < -0.39 is 0 Å². The SMILES string of the molecule is COc1ccccc1N1CCN(C(=O)CCC(=O)Nc2ccc3nc(N4C[C@@H](C)C[C@H](C)C4)cc(C)c3c2)CC1. The number of methoxy groups -OCH3 is 1. The second-order valence-electron chi connectivity index (χ2n) is 11.5. The molecule has 2 saturated heterocycles. The Bertz CT molecular complexity index is 1360. The summed E-state index contributed by atoms with van der Waals surface area (Å²) in [6, 6.07) is 16.0. The largest absolute Gasteiger partial charge is 0.495 e. The van der Waals surface area contributed by atoms with Crippen LogP contribution >= 0.6 is 0 Å². The van der Waals surface area contributed by atoms with Gasteiger partial charge in [-0.05, 0) is 67.1 Å². The lowest BCUT2D eigenvalue weighted by Gasteiger charge is -2.36. The number of benzene rings is 2. The van der Waals surface area contributed by atoms with Crippen molar-refractivity contribution in [3.63, 3.8) is 0 Å². The summed E-state index contributed by atoms with van der Waals surface area (Å²) in [5.41, 5.74) is 3.85. The summed E-state index contributed by atoms with van der Waals surface area (Å²) in [5.74, 6) is 3.05. The van der Waals surface area contributed by atoms with Crippen LogP contribution in [0.4, 0.5) is 17.2 Å². The lowest BCUT2D eigenvalue weighted by atomic mass is 9.92. The highest BCUT2D eigenvalue weighted by molar-refractivity contribution is 5.96. The smallest absolute Gasteiger partial charge is 0.224 e. The number of para-hydroxylation sites is 2. The first kappa shape index (κ1) is 27.7. The lowest BCUT2D eigenvalue weighted by molar-refractivity contribution is -0.133. The maximum absolute atomic E-state index is 12.8. The van der Waals surface area contributed by atoms with Gasteiger partial charge in [-0.3, -0.25) is 9.59 Å². The van der Waals surface area contributed by atoms with Gasteiger partial charge in [0.2, 0.25) is 11.8 Å². The number of carbonyl (C=O) groups excluding carboxylic acids is 2. The summed E-state index contributed by atoms with van der Waals surface area (Å²) in [5, 5.41) is 4.01. The molecule has 8 heteroatoms. The molecule has 0 spiro atoms. The summed E-state index contributed by atoms with van der Waals surface area (Å²) in [7, 11) is 1.67. The summed E-state index contributed by atoms with van der Waals surface area (Å²) < 4.78 is 5.48. The number of aromatic nitrogens is 1. The van der Waals surface area contributed by atoms with Gasteiger partial charge in [-0.1, -0.05) is 26.0 Å². The quantitative estimate of drug-likeness (QED) is 0.447. The number of fused-ring (bicyclic) bond motifs is 1. The van der Waals surface area contributed by atoms with Crippen molar-refractivity contribution in [3.8, 4) is 5.75 Å². The van der Waals surface area contributed by atoms with Crippen molar-refractivity contribution in [1.29, 1.82) is 0 Å². The molecule has 8 nitrogen and oxygen atoms in total. The summed E-state index contributed by atoms with van der Waals surface area (Å²) in [4.78, 5) is 37.0. The van der Waals surface area contributed by atoms with E-state index in [2.05, 4.69) is 42.0 Å². The van der Waals surface area contributed by atoms with Gasteiger partial charge in [0, 0.05) is 63.2 Å². The van der Waals surface area contributed by atoms with E-state index in [1.807, 2.05) is 47.4 Å². The molecule has 5 rings (SSSR count). The third-order valence-electron chi connectivity index (χ3n) is 8.10. The molecule has 1 N–H and O–H groups in total. The molecular formula is C32H41N5O3. The highest BCUT2D eigenvalue weighted by Crippen LogP contribution is 2.30. The molecular weight excluding hydrogens is 502 g/mol. The van der Waals surface area contributed by atoms with Crippen LogP contribution in [0.3, 0.4) is 0 Å². The Morgan fingerprint density at radius 3 is 2.40 bits per heavy atom. The minimum Gasteiger partial charge on any atom is -0.495 e. The van der Waals surface area contributed by atoms with Gasteiger partial charge in [-0.25, -0.2) is 4.98 Å². The third-order valence-corrected chi connectivity index (χ3v) is 8.10. The molecule has 2 aliphatic heterocycles. The fourth-order valence-corrected chi connectivity index (χ4v) is 6.16. The van der Waals surface area contributed by atoms with Gasteiger partial charge in [0.25, 0.3) is 0 Å². The first-order valence-electron chi connectivity index (χ1n) is 14.4. The number of nitrogens with zero attached hydrogens (tertiary/aromatic N) is 4. The molecule has 2 aromatic carbocycles. The molecule has 2 amide bonds. The van der Waals surface area contributed by atoms with Crippen LogP contribution < -0.4 is 19.9 Å². The van der Waals surface area contributed by atoms with Crippen molar-refractivity contribution >= 4 is 39.9 Å². The van der Waals surface area contributed by atoms with Crippen molar-refractivity contribution in [2.24, 2.45) is 11.8 Å². The van der Waals surface area contributed by atoms with Crippen LogP contribution in [0.5, 0.6) is 5.75 Å². The number of piperidine rings is 1. The van der Waals surface area contributed by atoms with Crippen LogP contribution in [0.1, 0.15) is 38.7 Å². The average Bonchev–Trinajstić information content (AvgIpc) is 2.95. The van der Waals surface area contributed by atoms with Gasteiger partial charge in [-0.2, -0.15) is 0 Å². The first-order chi connectivity index (χ1) is 19.3. The standard InChI is InChI=1S/C32H41N5O3/c1-22-17-23(2)21-37(20-22)30-18-24(3)26-19-25(9-10-27(26)34-30)33-31(38)11-12-32(39)36-15-13-35(14-16-36)28-7-5-6-8-29(28)40-4/h5-10,18-19,22-23H,11-17,20-21H2,1-4H3,(H,33,38)/t22-,23-/m0/s1. The Labute approximate surface area is 237 Å². The first-order valence-corrected chi connectivity index (χ1v) is 14.4. The number of amides is 2. The topological polar surface area (TPSA) is 78.0 Å². The van der Waals surface area contributed by atoms with Crippen LogP contribution in [-0.2, 0) is 9.59 Å². The fraction of sp³-hybridized carbons (Fsp3) is 0.469. The predicted molar refractivity (Wildman–Crippen MR) is 161 cm³/mol. The number of nitrogens with one attached hydrogen (secondary N) is 1. The fourth-order valence-electron chi connectivity index (χ4n) is 6.16. The van der Waals surface area contributed by atoms with Crippen LogP contribution in [-0.4, -0.2) is 68.1 Å². The molecule has 3 heterocycles. The van der Waals surface area contributed by atoms with Gasteiger partial charge in [-0.15, -0.1) is 0 Å². The maximum Gasteiger partial charge on any atom is 0.224 e. The molecule has 40 heavy (non-hydrogen) atoms. The van der Waals surface area contributed by atoms with Crippen LogP contribution in [0.15, 0.2) is 48.5 Å². The minimum absolute atomic E-state index is 0.0160. The zero-order valence-electron chi connectivity index (χ0n) is 24.2.